The molecule has 1 aliphatic rings. The first-order chi connectivity index (χ1) is 16.0. The highest BCUT2D eigenvalue weighted by atomic mass is 32.2. The lowest BCUT2D eigenvalue weighted by Crippen LogP contribution is -2.28. The second-order valence-corrected chi connectivity index (χ2v) is 12.4. The molecule has 0 bridgehead atoms. The summed E-state index contributed by atoms with van der Waals surface area (Å²) in [5.41, 5.74) is 4.26. The third-order valence-electron chi connectivity index (χ3n) is 6.74. The third kappa shape index (κ3) is 5.64. The van der Waals surface area contributed by atoms with Gasteiger partial charge in [0, 0.05) is 5.41 Å². The molecule has 177 valence electrons. The van der Waals surface area contributed by atoms with Gasteiger partial charge >= 0.3 is 0 Å². The topological polar surface area (TPSA) is 46.5 Å². The lowest BCUT2D eigenvalue weighted by molar-refractivity contribution is 0.356. The molecule has 2 unspecified atom stereocenters. The second-order valence-electron chi connectivity index (χ2n) is 11.4. The Hall–Kier alpha value is -2.37. The molecule has 1 fully saturated rings. The maximum atomic E-state index is 11.2. The highest BCUT2D eigenvalue weighted by molar-refractivity contribution is 7.79. The normalized spacial score (nSPS) is 20.6. The lowest BCUT2D eigenvalue weighted by atomic mass is 9.51. The van der Waals surface area contributed by atoms with Crippen LogP contribution in [0.25, 0.3) is 0 Å². The summed E-state index contributed by atoms with van der Waals surface area (Å²) in [6, 6.07) is 24.3. The standard InChI is InChI=1S/C29H34BO3S/c1-27(2,3)30-23-10-6-21(7-11-23)29(19-18-28(4,5)20-29)22-8-12-24(13-9-22)33-25-14-16-26(17-15-25)34(31)32/h6-17H,18-20H2,1-5H3,(H,31,32). The van der Waals surface area contributed by atoms with Gasteiger partial charge in [-0.25, -0.2) is 4.21 Å². The monoisotopic (exact) mass is 473 g/mol. The summed E-state index contributed by atoms with van der Waals surface area (Å²) in [7, 11) is 2.32. The summed E-state index contributed by atoms with van der Waals surface area (Å²) >= 11 is -1.98. The van der Waals surface area contributed by atoms with Crippen molar-refractivity contribution in [2.24, 2.45) is 5.41 Å². The lowest BCUT2D eigenvalue weighted by Gasteiger charge is -2.33. The zero-order valence-corrected chi connectivity index (χ0v) is 21.6. The minimum Gasteiger partial charge on any atom is -0.457 e. The fourth-order valence-electron chi connectivity index (χ4n) is 5.21. The van der Waals surface area contributed by atoms with Crippen molar-refractivity contribution < 1.29 is 13.5 Å². The Bertz CT molecular complexity index is 1150. The van der Waals surface area contributed by atoms with E-state index in [1.807, 2.05) is 12.1 Å². The molecular weight excluding hydrogens is 439 g/mol. The van der Waals surface area contributed by atoms with E-state index in [0.717, 1.165) is 18.6 Å². The Morgan fingerprint density at radius 1 is 0.824 bits per heavy atom. The second kappa shape index (κ2) is 9.35. The molecular formula is C29H34BO3S. The minimum atomic E-state index is -1.98. The van der Waals surface area contributed by atoms with Crippen LogP contribution in [0.5, 0.6) is 11.5 Å². The molecule has 0 amide bonds. The van der Waals surface area contributed by atoms with Crippen LogP contribution in [-0.4, -0.2) is 16.0 Å². The van der Waals surface area contributed by atoms with Gasteiger partial charge in [0.1, 0.15) is 11.5 Å². The van der Waals surface area contributed by atoms with Gasteiger partial charge in [-0.2, -0.15) is 0 Å². The molecule has 2 atom stereocenters. The van der Waals surface area contributed by atoms with Crippen molar-refractivity contribution in [3.8, 4) is 11.5 Å². The van der Waals surface area contributed by atoms with Crippen molar-refractivity contribution in [3.05, 3.63) is 83.9 Å². The largest absolute Gasteiger partial charge is 0.457 e. The molecule has 1 aliphatic carbocycles. The SMILES string of the molecule is CC(C)(C)[B]c1ccc(C2(c3ccc(Oc4ccc(S(=O)O)cc4)cc3)CCC(C)(C)C2)cc1. The Kier molecular flexibility index (Phi) is 6.81. The van der Waals surface area contributed by atoms with E-state index >= 15 is 0 Å². The average Bonchev–Trinajstić information content (AvgIpc) is 3.10. The number of hydrogen-bond acceptors (Lipinski definition) is 2. The first-order valence-electron chi connectivity index (χ1n) is 11.9. The molecule has 0 saturated heterocycles. The quantitative estimate of drug-likeness (QED) is 0.307. The van der Waals surface area contributed by atoms with Crippen molar-refractivity contribution in [2.75, 3.05) is 0 Å². The smallest absolute Gasteiger partial charge is 0.186 e. The van der Waals surface area contributed by atoms with E-state index in [2.05, 4.69) is 78.3 Å². The number of benzene rings is 3. The van der Waals surface area contributed by atoms with Crippen molar-refractivity contribution in [2.45, 2.75) is 69.5 Å². The highest BCUT2D eigenvalue weighted by Gasteiger charge is 2.45. The summed E-state index contributed by atoms with van der Waals surface area (Å²) in [6.45, 7) is 11.4. The summed E-state index contributed by atoms with van der Waals surface area (Å²) in [5.74, 6) is 1.40. The van der Waals surface area contributed by atoms with Crippen molar-refractivity contribution in [1.82, 2.24) is 0 Å². The van der Waals surface area contributed by atoms with Gasteiger partial charge in [0.15, 0.2) is 18.4 Å². The minimum absolute atomic E-state index is 0.00483. The van der Waals surface area contributed by atoms with E-state index in [0.29, 0.717) is 16.1 Å². The van der Waals surface area contributed by atoms with Crippen molar-refractivity contribution in [3.63, 3.8) is 0 Å². The molecule has 1 N–H and O–H groups in total. The number of ether oxygens (including phenoxy) is 1. The van der Waals surface area contributed by atoms with Crippen molar-refractivity contribution >= 4 is 23.8 Å². The van der Waals surface area contributed by atoms with Gasteiger partial charge in [-0.1, -0.05) is 81.8 Å². The molecule has 0 aliphatic heterocycles. The van der Waals surface area contributed by atoms with E-state index in [4.69, 9.17) is 4.74 Å². The predicted octanol–water partition coefficient (Wildman–Crippen LogP) is 7.10. The molecule has 0 aromatic heterocycles. The Morgan fingerprint density at radius 3 is 1.76 bits per heavy atom. The van der Waals surface area contributed by atoms with Crippen LogP contribution in [0.1, 0.15) is 65.0 Å². The number of rotatable bonds is 6. The molecule has 5 heteroatoms. The zero-order valence-electron chi connectivity index (χ0n) is 20.8. The fourth-order valence-corrected chi connectivity index (χ4v) is 5.57. The first-order valence-corrected chi connectivity index (χ1v) is 13.0. The highest BCUT2D eigenvalue weighted by Crippen LogP contribution is 2.54. The molecule has 34 heavy (non-hydrogen) atoms. The van der Waals surface area contributed by atoms with Gasteiger partial charge in [0.05, 0.1) is 4.90 Å². The average molecular weight is 473 g/mol. The molecule has 0 spiro atoms. The molecule has 4 rings (SSSR count). The van der Waals surface area contributed by atoms with Crippen LogP contribution in [-0.2, 0) is 16.5 Å². The van der Waals surface area contributed by atoms with Crippen LogP contribution in [0.3, 0.4) is 0 Å². The summed E-state index contributed by atoms with van der Waals surface area (Å²) in [6.07, 6.45) is 3.43. The summed E-state index contributed by atoms with van der Waals surface area (Å²) in [4.78, 5) is 0.361. The molecule has 3 aromatic rings. The van der Waals surface area contributed by atoms with E-state index in [1.165, 1.54) is 23.0 Å². The predicted molar refractivity (Wildman–Crippen MR) is 142 cm³/mol. The Balaban J connectivity index is 1.60. The van der Waals surface area contributed by atoms with Crippen LogP contribution in [0, 0.1) is 5.41 Å². The fraction of sp³-hybridized carbons (Fsp3) is 0.379. The van der Waals surface area contributed by atoms with E-state index in [-0.39, 0.29) is 10.7 Å². The van der Waals surface area contributed by atoms with E-state index < -0.39 is 11.1 Å². The number of hydrogen-bond donors (Lipinski definition) is 1. The van der Waals surface area contributed by atoms with E-state index in [9.17, 15) is 8.76 Å². The molecule has 3 aromatic carbocycles. The van der Waals surface area contributed by atoms with Gasteiger partial charge < -0.3 is 9.29 Å². The van der Waals surface area contributed by atoms with Crippen LogP contribution in [0.15, 0.2) is 77.7 Å². The summed E-state index contributed by atoms with van der Waals surface area (Å²) in [5, 5.41) is 0.153. The Labute approximate surface area is 207 Å². The maximum absolute atomic E-state index is 11.2. The van der Waals surface area contributed by atoms with Crippen molar-refractivity contribution in [1.29, 1.82) is 0 Å². The molecule has 1 radical (unpaired) electrons. The van der Waals surface area contributed by atoms with Gasteiger partial charge in [-0.3, -0.25) is 0 Å². The van der Waals surface area contributed by atoms with Crippen LogP contribution < -0.4 is 10.2 Å². The third-order valence-corrected chi connectivity index (χ3v) is 7.42. The van der Waals surface area contributed by atoms with Crippen LogP contribution in [0.2, 0.25) is 5.31 Å². The van der Waals surface area contributed by atoms with Gasteiger partial charge in [-0.15, -0.1) is 0 Å². The van der Waals surface area contributed by atoms with Gasteiger partial charge in [0.2, 0.25) is 0 Å². The Morgan fingerprint density at radius 2 is 1.32 bits per heavy atom. The van der Waals surface area contributed by atoms with Crippen LogP contribution >= 0.6 is 0 Å². The van der Waals surface area contributed by atoms with Gasteiger partial charge in [0.25, 0.3) is 0 Å². The molecule has 1 saturated carbocycles. The maximum Gasteiger partial charge on any atom is 0.186 e. The summed E-state index contributed by atoms with van der Waals surface area (Å²) < 4.78 is 26.4. The van der Waals surface area contributed by atoms with Gasteiger partial charge in [-0.05, 0) is 72.2 Å². The first kappa shape index (κ1) is 24.7. The zero-order chi connectivity index (χ0) is 24.6. The molecule has 3 nitrogen and oxygen atoms in total. The van der Waals surface area contributed by atoms with E-state index in [1.54, 1.807) is 24.3 Å². The van der Waals surface area contributed by atoms with Crippen LogP contribution in [0.4, 0.5) is 0 Å². The molecule has 0 heterocycles.